The molecule has 0 aliphatic rings. The summed E-state index contributed by atoms with van der Waals surface area (Å²) < 4.78 is 17.7. The molecule has 1 amide bonds. The highest BCUT2D eigenvalue weighted by atomic mass is 16.5. The van der Waals surface area contributed by atoms with Crippen LogP contribution >= 0.6 is 0 Å². The van der Waals surface area contributed by atoms with Gasteiger partial charge in [-0.2, -0.15) is 5.10 Å². The van der Waals surface area contributed by atoms with Crippen molar-refractivity contribution in [3.8, 4) is 17.2 Å². The highest BCUT2D eigenvalue weighted by molar-refractivity contribution is 5.91. The van der Waals surface area contributed by atoms with Crippen molar-refractivity contribution in [2.75, 3.05) is 26.6 Å². The van der Waals surface area contributed by atoms with E-state index in [1.807, 2.05) is 30.3 Å². The van der Waals surface area contributed by atoms with Gasteiger partial charge in [-0.15, -0.1) is 0 Å². The van der Waals surface area contributed by atoms with Crippen LogP contribution in [0.5, 0.6) is 17.2 Å². The number of hydrogen-bond donors (Lipinski definition) is 1. The summed E-state index contributed by atoms with van der Waals surface area (Å²) in [6.07, 6.45) is 1.82. The van der Waals surface area contributed by atoms with E-state index in [1.54, 1.807) is 50.4 Å². The average Bonchev–Trinajstić information content (AvgIpc) is 3.14. The number of nitrogens with zero attached hydrogens (tertiary/aromatic N) is 2. The van der Waals surface area contributed by atoms with E-state index in [-0.39, 0.29) is 12.3 Å². The third-order valence-electron chi connectivity index (χ3n) is 4.25. The second-order valence-electron chi connectivity index (χ2n) is 6.12. The first-order chi connectivity index (χ1) is 13.6. The predicted molar refractivity (Wildman–Crippen MR) is 106 cm³/mol. The van der Waals surface area contributed by atoms with E-state index < -0.39 is 0 Å². The first-order valence-electron chi connectivity index (χ1n) is 8.79. The van der Waals surface area contributed by atoms with Crippen molar-refractivity contribution in [1.82, 2.24) is 9.78 Å². The number of hydrogen-bond acceptors (Lipinski definition) is 5. The molecule has 0 unspecified atom stereocenters. The summed E-state index contributed by atoms with van der Waals surface area (Å²) in [5.41, 5.74) is 1.85. The van der Waals surface area contributed by atoms with Crippen LogP contribution in [0, 0.1) is 0 Å². The molecule has 3 rings (SSSR count). The van der Waals surface area contributed by atoms with Gasteiger partial charge in [-0.1, -0.05) is 30.3 Å². The molecular formula is C21H23N3O4. The summed E-state index contributed by atoms with van der Waals surface area (Å²) >= 11 is 0. The molecule has 28 heavy (non-hydrogen) atoms. The van der Waals surface area contributed by atoms with Gasteiger partial charge < -0.3 is 19.5 Å². The van der Waals surface area contributed by atoms with Crippen LogP contribution in [0.25, 0.3) is 0 Å². The molecule has 0 fully saturated rings. The van der Waals surface area contributed by atoms with E-state index >= 15 is 0 Å². The summed E-state index contributed by atoms with van der Waals surface area (Å²) in [7, 11) is 4.63. The van der Waals surface area contributed by atoms with Crippen molar-refractivity contribution < 1.29 is 19.0 Å². The Balaban J connectivity index is 1.72. The Bertz CT molecular complexity index is 913. The minimum Gasteiger partial charge on any atom is -0.493 e. The number of rotatable bonds is 8. The maximum Gasteiger partial charge on any atom is 0.229 e. The fourth-order valence-corrected chi connectivity index (χ4v) is 2.93. The smallest absolute Gasteiger partial charge is 0.229 e. The van der Waals surface area contributed by atoms with Crippen molar-refractivity contribution in [3.63, 3.8) is 0 Å². The Kier molecular flexibility index (Phi) is 6.16. The zero-order valence-electron chi connectivity index (χ0n) is 16.1. The lowest BCUT2D eigenvalue weighted by molar-refractivity contribution is -0.115. The zero-order valence-corrected chi connectivity index (χ0v) is 16.1. The molecule has 1 heterocycles. The number of ether oxygens (including phenoxy) is 3. The van der Waals surface area contributed by atoms with E-state index in [4.69, 9.17) is 14.2 Å². The monoisotopic (exact) mass is 381 g/mol. The minimum absolute atomic E-state index is 0.160. The molecule has 0 aliphatic carbocycles. The maximum atomic E-state index is 12.6. The molecule has 3 aromatic rings. The largest absolute Gasteiger partial charge is 0.493 e. The molecule has 0 spiro atoms. The third kappa shape index (κ3) is 4.43. The van der Waals surface area contributed by atoms with Gasteiger partial charge in [0.25, 0.3) is 0 Å². The third-order valence-corrected chi connectivity index (χ3v) is 4.25. The number of nitrogens with one attached hydrogen (secondary N) is 1. The van der Waals surface area contributed by atoms with E-state index in [0.717, 1.165) is 11.1 Å². The fourth-order valence-electron chi connectivity index (χ4n) is 2.93. The molecule has 0 aliphatic heterocycles. The molecule has 146 valence electrons. The first-order valence-corrected chi connectivity index (χ1v) is 8.79. The lowest BCUT2D eigenvalue weighted by Crippen LogP contribution is -2.18. The van der Waals surface area contributed by atoms with Crippen LogP contribution < -0.4 is 19.5 Å². The standard InChI is InChI=1S/C21H23N3O4/c1-26-17-11-16(12-18(27-2)21(17)28-3)13-20(25)23-19-9-10-22-24(19)14-15-7-5-4-6-8-15/h4-12H,13-14H2,1-3H3,(H,23,25). The van der Waals surface area contributed by atoms with Gasteiger partial charge in [0.15, 0.2) is 11.5 Å². The Labute approximate surface area is 163 Å². The SMILES string of the molecule is COc1cc(CC(=O)Nc2ccnn2Cc2ccccc2)cc(OC)c1OC. The number of carbonyl (C=O) groups is 1. The summed E-state index contributed by atoms with van der Waals surface area (Å²) in [6.45, 7) is 0.577. The minimum atomic E-state index is -0.163. The van der Waals surface area contributed by atoms with Gasteiger partial charge in [-0.25, -0.2) is 4.68 Å². The van der Waals surface area contributed by atoms with Gasteiger partial charge in [-0.3, -0.25) is 4.79 Å². The quantitative estimate of drug-likeness (QED) is 0.649. The molecule has 0 saturated heterocycles. The predicted octanol–water partition coefficient (Wildman–Crippen LogP) is 3.14. The lowest BCUT2D eigenvalue weighted by Gasteiger charge is -2.14. The Morgan fingerprint density at radius 2 is 1.64 bits per heavy atom. The maximum absolute atomic E-state index is 12.6. The van der Waals surface area contributed by atoms with Crippen LogP contribution in [0.2, 0.25) is 0 Å². The van der Waals surface area contributed by atoms with Crippen molar-refractivity contribution in [2.45, 2.75) is 13.0 Å². The van der Waals surface area contributed by atoms with Crippen LogP contribution in [0.1, 0.15) is 11.1 Å². The Morgan fingerprint density at radius 1 is 0.964 bits per heavy atom. The fraction of sp³-hybridized carbons (Fsp3) is 0.238. The molecule has 0 bridgehead atoms. The van der Waals surface area contributed by atoms with E-state index in [1.165, 1.54) is 0 Å². The Morgan fingerprint density at radius 3 is 2.25 bits per heavy atom. The molecule has 7 nitrogen and oxygen atoms in total. The summed E-state index contributed by atoms with van der Waals surface area (Å²) in [5, 5.41) is 7.21. The molecule has 1 N–H and O–H groups in total. The van der Waals surface area contributed by atoms with Crippen molar-refractivity contribution >= 4 is 11.7 Å². The highest BCUT2D eigenvalue weighted by Crippen LogP contribution is 2.38. The van der Waals surface area contributed by atoms with Crippen LogP contribution in [-0.4, -0.2) is 37.0 Å². The molecule has 0 radical (unpaired) electrons. The van der Waals surface area contributed by atoms with Crippen LogP contribution in [-0.2, 0) is 17.8 Å². The molecule has 0 atom stereocenters. The summed E-state index contributed by atoms with van der Waals surface area (Å²) in [6, 6.07) is 15.3. The summed E-state index contributed by atoms with van der Waals surface area (Å²) in [4.78, 5) is 12.6. The van der Waals surface area contributed by atoms with Crippen molar-refractivity contribution in [1.29, 1.82) is 0 Å². The van der Waals surface area contributed by atoms with Crippen LogP contribution in [0.15, 0.2) is 54.7 Å². The Hall–Kier alpha value is -3.48. The normalized spacial score (nSPS) is 10.4. The van der Waals surface area contributed by atoms with Crippen LogP contribution in [0.4, 0.5) is 5.82 Å². The molecule has 1 aromatic heterocycles. The number of carbonyl (C=O) groups excluding carboxylic acids is 1. The average molecular weight is 381 g/mol. The number of methoxy groups -OCH3 is 3. The number of amides is 1. The molecule has 7 heteroatoms. The highest BCUT2D eigenvalue weighted by Gasteiger charge is 2.15. The zero-order chi connectivity index (χ0) is 19.9. The number of aromatic nitrogens is 2. The first kappa shape index (κ1) is 19.3. The second kappa shape index (κ2) is 8.94. The lowest BCUT2D eigenvalue weighted by atomic mass is 10.1. The topological polar surface area (TPSA) is 74.6 Å². The van der Waals surface area contributed by atoms with Crippen molar-refractivity contribution in [2.24, 2.45) is 0 Å². The second-order valence-corrected chi connectivity index (χ2v) is 6.12. The van der Waals surface area contributed by atoms with Gasteiger partial charge in [0, 0.05) is 6.07 Å². The summed E-state index contributed by atoms with van der Waals surface area (Å²) in [5.74, 6) is 2.00. The van der Waals surface area contributed by atoms with Gasteiger partial charge >= 0.3 is 0 Å². The molecule has 2 aromatic carbocycles. The van der Waals surface area contributed by atoms with E-state index in [2.05, 4.69) is 10.4 Å². The van der Waals surface area contributed by atoms with Gasteiger partial charge in [0.1, 0.15) is 5.82 Å². The molecule has 0 saturated carbocycles. The number of benzene rings is 2. The van der Waals surface area contributed by atoms with Gasteiger partial charge in [-0.05, 0) is 23.3 Å². The van der Waals surface area contributed by atoms with Gasteiger partial charge in [0.05, 0.1) is 40.5 Å². The van der Waals surface area contributed by atoms with E-state index in [0.29, 0.717) is 29.6 Å². The van der Waals surface area contributed by atoms with Crippen LogP contribution in [0.3, 0.4) is 0 Å². The van der Waals surface area contributed by atoms with Gasteiger partial charge in [0.2, 0.25) is 11.7 Å². The van der Waals surface area contributed by atoms with Crippen molar-refractivity contribution in [3.05, 3.63) is 65.9 Å². The number of anilines is 1. The van der Waals surface area contributed by atoms with E-state index in [9.17, 15) is 4.79 Å². The molecular weight excluding hydrogens is 358 g/mol.